The lowest BCUT2D eigenvalue weighted by Gasteiger charge is -2.20. The number of nitro groups is 1. The maximum atomic E-state index is 12.0. The summed E-state index contributed by atoms with van der Waals surface area (Å²) in [5.41, 5.74) is 9.61. The van der Waals surface area contributed by atoms with Gasteiger partial charge in [0.2, 0.25) is 5.13 Å². The second-order valence-electron chi connectivity index (χ2n) is 11.6. The molecule has 4 heterocycles. The van der Waals surface area contributed by atoms with E-state index >= 15 is 0 Å². The first kappa shape index (κ1) is 38.5. The van der Waals surface area contributed by atoms with Crippen molar-refractivity contribution in [3.05, 3.63) is 56.6 Å². The van der Waals surface area contributed by atoms with Crippen LogP contribution in [0, 0.1) is 35.8 Å². The van der Waals surface area contributed by atoms with Crippen molar-refractivity contribution in [1.82, 2.24) is 20.4 Å². The molecule has 4 aromatic rings. The summed E-state index contributed by atoms with van der Waals surface area (Å²) in [4.78, 5) is 34.1. The molecule has 4 N–H and O–H groups in total. The van der Waals surface area contributed by atoms with Gasteiger partial charge in [-0.15, -0.1) is 5.10 Å². The Kier molecular flexibility index (Phi) is 12.1. The molecule has 2 aromatic heterocycles. The molecule has 18 nitrogen and oxygen atoms in total. The molecule has 2 aliphatic rings. The van der Waals surface area contributed by atoms with Crippen LogP contribution in [-0.2, 0) is 28.4 Å². The first-order valence-corrected chi connectivity index (χ1v) is 17.6. The normalized spacial score (nSPS) is 17.0. The SMILES string of the molecule is CCOC(=O)C(C)C1OB(O)c2cc(Oc3nnc(N)s3)cc(C)c21.CCOC(=O)C(C)C1OB(O)c2cc(Oc3nnc([N+](=O)[O-])s3)cc(C)c21. The highest BCUT2D eigenvalue weighted by Gasteiger charge is 2.43. The molecule has 0 fully saturated rings. The zero-order chi connectivity index (χ0) is 37.9. The second kappa shape index (κ2) is 16.3. The predicted molar refractivity (Wildman–Crippen MR) is 188 cm³/mol. The number of rotatable bonds is 11. The summed E-state index contributed by atoms with van der Waals surface area (Å²) in [5.74, 6) is -1.11. The molecule has 4 unspecified atom stereocenters. The molecule has 2 aromatic carbocycles. The van der Waals surface area contributed by atoms with Crippen LogP contribution in [0.25, 0.3) is 0 Å². The van der Waals surface area contributed by atoms with Gasteiger partial charge in [-0.2, -0.15) is 0 Å². The Bertz CT molecular complexity index is 1970. The van der Waals surface area contributed by atoms with Crippen LogP contribution in [-0.4, -0.2) is 74.8 Å². The Balaban J connectivity index is 0.000000202. The number of anilines is 1. The summed E-state index contributed by atoms with van der Waals surface area (Å²) in [7, 11) is -2.37. The number of nitrogens with two attached hydrogens (primary N) is 1. The molecule has 4 atom stereocenters. The molecule has 22 heteroatoms. The standard InChI is InChI=1S/C15H16BN3O7S.C15H18BN3O5S/c1-4-24-13(20)8(3)12-11-7(2)5-9(6-10(11)16(21)26-12)25-15-18-17-14(27-15)19(22)23;1-4-22-13(20)8(3)12-11-7(2)5-9(6-10(11)16(21)24-12)23-15-19-18-14(17)25-15/h5-6,8,12,21H,4H2,1-3H3;5-6,8,12,21H,4H2,1-3H3,(H2,17,18). The van der Waals surface area contributed by atoms with Crippen molar-refractivity contribution in [3.8, 4) is 21.9 Å². The third-order valence-corrected chi connectivity index (χ3v) is 9.43. The average Bonchev–Trinajstić information content (AvgIpc) is 3.88. The lowest BCUT2D eigenvalue weighted by atomic mass is 9.77. The topological polar surface area (TPSA) is 251 Å². The molecule has 274 valence electrons. The minimum absolute atomic E-state index is 0.00546. The Morgan fingerprint density at radius 1 is 0.846 bits per heavy atom. The van der Waals surface area contributed by atoms with E-state index in [9.17, 15) is 29.8 Å². The number of carbonyl (C=O) groups is 2. The van der Waals surface area contributed by atoms with E-state index in [0.29, 0.717) is 56.3 Å². The average molecular weight is 756 g/mol. The Hall–Kier alpha value is -4.73. The van der Waals surface area contributed by atoms with Crippen molar-refractivity contribution < 1.29 is 52.8 Å². The largest absolute Gasteiger partial charge is 0.492 e. The molecule has 6 rings (SSSR count). The molecule has 0 bridgehead atoms. The van der Waals surface area contributed by atoms with Gasteiger partial charge in [0.25, 0.3) is 0 Å². The van der Waals surface area contributed by atoms with Crippen LogP contribution < -0.4 is 26.1 Å². The summed E-state index contributed by atoms with van der Waals surface area (Å²) >= 11 is 1.81. The third-order valence-electron chi connectivity index (χ3n) is 8.05. The van der Waals surface area contributed by atoms with Crippen molar-refractivity contribution in [2.75, 3.05) is 18.9 Å². The number of nitrogens with zero attached hydrogens (tertiary/aromatic N) is 5. The number of fused-ring (bicyclic) bond motifs is 2. The van der Waals surface area contributed by atoms with Crippen LogP contribution in [0.2, 0.25) is 0 Å². The van der Waals surface area contributed by atoms with Crippen molar-refractivity contribution >= 4 is 70.0 Å². The summed E-state index contributed by atoms with van der Waals surface area (Å²) in [6, 6.07) is 6.70. The van der Waals surface area contributed by atoms with Gasteiger partial charge in [0.1, 0.15) is 16.6 Å². The van der Waals surface area contributed by atoms with Gasteiger partial charge >= 0.3 is 41.7 Å². The molecular weight excluding hydrogens is 722 g/mol. The van der Waals surface area contributed by atoms with Crippen molar-refractivity contribution in [2.45, 2.75) is 53.8 Å². The van der Waals surface area contributed by atoms with E-state index in [0.717, 1.165) is 28.0 Å². The molecule has 2 aliphatic heterocycles. The van der Waals surface area contributed by atoms with Crippen molar-refractivity contribution in [3.63, 3.8) is 0 Å². The number of aromatic nitrogens is 4. The Labute approximate surface area is 305 Å². The Morgan fingerprint density at radius 2 is 1.29 bits per heavy atom. The van der Waals surface area contributed by atoms with E-state index in [4.69, 9.17) is 34.0 Å². The van der Waals surface area contributed by atoms with Crippen LogP contribution in [0.5, 0.6) is 21.9 Å². The maximum Gasteiger partial charge on any atom is 0.492 e. The zero-order valence-corrected chi connectivity index (χ0v) is 30.4. The fourth-order valence-electron chi connectivity index (χ4n) is 5.76. The Morgan fingerprint density at radius 3 is 1.67 bits per heavy atom. The van der Waals surface area contributed by atoms with E-state index in [-0.39, 0.29) is 22.9 Å². The highest BCUT2D eigenvalue weighted by atomic mass is 32.1. The molecule has 0 amide bonds. The van der Waals surface area contributed by atoms with Crippen molar-refractivity contribution in [1.29, 1.82) is 0 Å². The van der Waals surface area contributed by atoms with Gasteiger partial charge in [-0.25, -0.2) is 0 Å². The first-order valence-electron chi connectivity index (χ1n) is 15.9. The summed E-state index contributed by atoms with van der Waals surface area (Å²) in [6.45, 7) is 11.1. The molecule has 0 saturated carbocycles. The van der Waals surface area contributed by atoms with Crippen LogP contribution in [0.3, 0.4) is 0 Å². The molecule has 0 aliphatic carbocycles. The number of hydrogen-bond acceptors (Lipinski definition) is 19. The van der Waals surface area contributed by atoms with E-state index in [1.165, 1.54) is 0 Å². The smallest absolute Gasteiger partial charge is 0.466 e. The summed E-state index contributed by atoms with van der Waals surface area (Å²) in [6.07, 6.45) is -1.22. The van der Waals surface area contributed by atoms with Crippen LogP contribution in [0.1, 0.15) is 62.2 Å². The van der Waals surface area contributed by atoms with Gasteiger partial charge in [0.15, 0.2) is 0 Å². The van der Waals surface area contributed by atoms with Crippen LogP contribution in [0.15, 0.2) is 24.3 Å². The monoisotopic (exact) mass is 756 g/mol. The number of ether oxygens (including phenoxy) is 4. The number of esters is 2. The van der Waals surface area contributed by atoms with E-state index < -0.39 is 49.2 Å². The lowest BCUT2D eigenvalue weighted by molar-refractivity contribution is -0.385. The summed E-state index contributed by atoms with van der Waals surface area (Å²) < 4.78 is 32.4. The maximum absolute atomic E-state index is 12.0. The highest BCUT2D eigenvalue weighted by molar-refractivity contribution is 7.16. The molecular formula is C30H34B2N6O12S2. The molecule has 52 heavy (non-hydrogen) atoms. The zero-order valence-electron chi connectivity index (χ0n) is 28.8. The lowest BCUT2D eigenvalue weighted by Crippen LogP contribution is -2.28. The van der Waals surface area contributed by atoms with Gasteiger partial charge < -0.3 is 54.2 Å². The van der Waals surface area contributed by atoms with E-state index in [1.807, 2.05) is 6.92 Å². The first-order chi connectivity index (χ1) is 24.7. The van der Waals surface area contributed by atoms with Gasteiger partial charge in [-0.3, -0.25) is 9.59 Å². The predicted octanol–water partition coefficient (Wildman–Crippen LogP) is 2.68. The minimum atomic E-state index is -1.23. The van der Waals surface area contributed by atoms with Crippen LogP contribution >= 0.6 is 22.7 Å². The number of benzene rings is 2. The fourth-order valence-corrected chi connectivity index (χ4v) is 6.77. The van der Waals surface area contributed by atoms with Gasteiger partial charge in [0.05, 0.1) is 37.3 Å². The highest BCUT2D eigenvalue weighted by Crippen LogP contribution is 2.38. The van der Waals surface area contributed by atoms with Gasteiger partial charge in [-0.1, -0.05) is 5.10 Å². The minimum Gasteiger partial charge on any atom is -0.466 e. The third kappa shape index (κ3) is 8.32. The van der Waals surface area contributed by atoms with Gasteiger partial charge in [-0.05, 0) is 115 Å². The quantitative estimate of drug-likeness (QED) is 0.0861. The number of carbonyl (C=O) groups excluding carboxylic acids is 2. The van der Waals surface area contributed by atoms with Gasteiger partial charge in [0, 0.05) is 16.4 Å². The number of hydrogen-bond donors (Lipinski definition) is 3. The fraction of sp³-hybridized carbons (Fsp3) is 0.400. The van der Waals surface area contributed by atoms with E-state index in [2.05, 4.69) is 20.4 Å². The second-order valence-corrected chi connectivity index (χ2v) is 13.5. The molecule has 0 radical (unpaired) electrons. The number of nitrogen functional groups attached to an aromatic ring is 1. The van der Waals surface area contributed by atoms with E-state index in [1.54, 1.807) is 58.9 Å². The van der Waals surface area contributed by atoms with Crippen molar-refractivity contribution in [2.24, 2.45) is 11.8 Å². The summed E-state index contributed by atoms with van der Waals surface area (Å²) in [5, 5.41) is 46.0. The number of aryl methyl sites for hydroxylation is 2. The molecule has 0 saturated heterocycles. The van der Waals surface area contributed by atoms with Crippen LogP contribution in [0.4, 0.5) is 10.3 Å². The molecule has 0 spiro atoms.